The monoisotopic (exact) mass is 395 g/mol. The lowest BCUT2D eigenvalue weighted by Crippen LogP contribution is -2.52. The molecule has 1 aromatic heterocycles. The van der Waals surface area contributed by atoms with Crippen LogP contribution < -0.4 is 5.32 Å². The smallest absolute Gasteiger partial charge is 0.251 e. The third-order valence-electron chi connectivity index (χ3n) is 5.57. The van der Waals surface area contributed by atoms with E-state index in [0.717, 1.165) is 10.9 Å². The van der Waals surface area contributed by atoms with Crippen LogP contribution in [-0.2, 0) is 14.3 Å². The van der Waals surface area contributed by atoms with Crippen LogP contribution >= 0.6 is 0 Å². The van der Waals surface area contributed by atoms with Crippen molar-refractivity contribution in [3.05, 3.63) is 42.1 Å². The minimum atomic E-state index is -0.681. The number of fused-ring (bicyclic) bond motifs is 2. The highest BCUT2D eigenvalue weighted by atomic mass is 16.5. The molecule has 152 valence electrons. The molecule has 0 aliphatic carbocycles. The van der Waals surface area contributed by atoms with Gasteiger partial charge in [0.1, 0.15) is 18.7 Å². The second kappa shape index (κ2) is 7.91. The normalized spacial score (nSPS) is 22.2. The average molecular weight is 395 g/mol. The summed E-state index contributed by atoms with van der Waals surface area (Å²) in [7, 11) is 0. The number of nitrogens with zero attached hydrogens (tertiary/aromatic N) is 2. The maximum atomic E-state index is 13.2. The summed E-state index contributed by atoms with van der Waals surface area (Å²) in [6.45, 7) is 4.55. The van der Waals surface area contributed by atoms with Crippen LogP contribution in [0.25, 0.3) is 10.9 Å². The molecule has 0 radical (unpaired) electrons. The molecule has 29 heavy (non-hydrogen) atoms. The predicted octanol–water partition coefficient (Wildman–Crippen LogP) is 1.95. The molecule has 2 amide bonds. The van der Waals surface area contributed by atoms with Gasteiger partial charge in [0.15, 0.2) is 5.78 Å². The van der Waals surface area contributed by atoms with E-state index >= 15 is 0 Å². The first-order chi connectivity index (χ1) is 13.9. The molecule has 2 fully saturated rings. The number of likely N-dealkylation sites (tertiary alicyclic amines) is 1. The first kappa shape index (κ1) is 19.5. The van der Waals surface area contributed by atoms with Crippen LogP contribution in [0.2, 0.25) is 0 Å². The Hall–Kier alpha value is -2.80. The molecule has 0 saturated carbocycles. The van der Waals surface area contributed by atoms with Crippen LogP contribution in [0, 0.1) is 5.92 Å². The van der Waals surface area contributed by atoms with Gasteiger partial charge >= 0.3 is 0 Å². The zero-order valence-corrected chi connectivity index (χ0v) is 16.6. The van der Waals surface area contributed by atoms with Gasteiger partial charge in [0.2, 0.25) is 5.91 Å². The lowest BCUT2D eigenvalue weighted by atomic mass is 10.0. The van der Waals surface area contributed by atoms with E-state index in [1.54, 1.807) is 29.3 Å². The standard InChI is InChI=1S/C22H25N3O4/c1-13(2)10-17(22(28)25-9-7-19-20(25)18(26)12-29-19)24-21(27)15-5-6-16-14(11-15)4-3-8-23-16/h3-6,8,11,13,17,19-20H,7,9-10,12H2,1-2H3,(H,24,27)/t17-,19+,20+/m0/s1. The molecule has 3 atom stereocenters. The van der Waals surface area contributed by atoms with Crippen molar-refractivity contribution in [2.75, 3.05) is 13.2 Å². The van der Waals surface area contributed by atoms with Gasteiger partial charge in [-0.25, -0.2) is 0 Å². The molecule has 7 nitrogen and oxygen atoms in total. The van der Waals surface area contributed by atoms with Crippen molar-refractivity contribution < 1.29 is 19.1 Å². The summed E-state index contributed by atoms with van der Waals surface area (Å²) in [5.41, 5.74) is 1.29. The van der Waals surface area contributed by atoms with E-state index in [1.807, 2.05) is 26.0 Å². The quantitative estimate of drug-likeness (QED) is 0.836. The Bertz CT molecular complexity index is 958. The summed E-state index contributed by atoms with van der Waals surface area (Å²) in [6, 6.07) is 7.80. The van der Waals surface area contributed by atoms with Crippen LogP contribution in [0.4, 0.5) is 0 Å². The van der Waals surface area contributed by atoms with Gasteiger partial charge < -0.3 is 15.0 Å². The van der Waals surface area contributed by atoms with Crippen molar-refractivity contribution >= 4 is 28.5 Å². The summed E-state index contributed by atoms with van der Waals surface area (Å²) in [6.07, 6.45) is 2.65. The molecule has 2 aromatic rings. The van der Waals surface area contributed by atoms with Crippen molar-refractivity contribution in [2.24, 2.45) is 5.92 Å². The Kier molecular flexibility index (Phi) is 5.32. The van der Waals surface area contributed by atoms with E-state index in [9.17, 15) is 14.4 Å². The molecule has 3 heterocycles. The van der Waals surface area contributed by atoms with Gasteiger partial charge in [0, 0.05) is 23.7 Å². The molecule has 0 bridgehead atoms. The Morgan fingerprint density at radius 3 is 2.93 bits per heavy atom. The zero-order valence-electron chi connectivity index (χ0n) is 16.6. The summed E-state index contributed by atoms with van der Waals surface area (Å²) in [5.74, 6) is -0.364. The maximum Gasteiger partial charge on any atom is 0.251 e. The zero-order chi connectivity index (χ0) is 20.5. The molecular weight excluding hydrogens is 370 g/mol. The van der Waals surface area contributed by atoms with Crippen LogP contribution in [0.15, 0.2) is 36.5 Å². The number of hydrogen-bond acceptors (Lipinski definition) is 5. The third-order valence-corrected chi connectivity index (χ3v) is 5.57. The molecule has 1 aromatic carbocycles. The summed E-state index contributed by atoms with van der Waals surface area (Å²) >= 11 is 0. The fourth-order valence-electron chi connectivity index (χ4n) is 4.19. The lowest BCUT2D eigenvalue weighted by molar-refractivity contribution is -0.138. The van der Waals surface area contributed by atoms with Gasteiger partial charge in [-0.15, -0.1) is 0 Å². The number of pyridine rings is 1. The van der Waals surface area contributed by atoms with Gasteiger partial charge in [0.05, 0.1) is 11.6 Å². The Morgan fingerprint density at radius 1 is 1.31 bits per heavy atom. The Morgan fingerprint density at radius 2 is 2.14 bits per heavy atom. The van der Waals surface area contributed by atoms with Gasteiger partial charge in [-0.3, -0.25) is 19.4 Å². The average Bonchev–Trinajstić information content (AvgIpc) is 3.29. The van der Waals surface area contributed by atoms with E-state index in [1.165, 1.54) is 0 Å². The maximum absolute atomic E-state index is 13.2. The number of benzene rings is 1. The number of hydrogen-bond donors (Lipinski definition) is 1. The SMILES string of the molecule is CC(C)C[C@H](NC(=O)c1ccc2ncccc2c1)C(=O)N1CC[C@H]2OCC(=O)[C@H]21. The van der Waals surface area contributed by atoms with Crippen molar-refractivity contribution in [3.8, 4) is 0 Å². The summed E-state index contributed by atoms with van der Waals surface area (Å²) in [4.78, 5) is 44.2. The van der Waals surface area contributed by atoms with Crippen LogP contribution in [0.3, 0.4) is 0 Å². The van der Waals surface area contributed by atoms with E-state index in [-0.39, 0.29) is 36.2 Å². The van der Waals surface area contributed by atoms with E-state index in [4.69, 9.17) is 4.74 Å². The number of ether oxygens (including phenoxy) is 1. The van der Waals surface area contributed by atoms with Gasteiger partial charge in [-0.2, -0.15) is 0 Å². The number of nitrogens with one attached hydrogen (secondary N) is 1. The highest BCUT2D eigenvalue weighted by molar-refractivity contribution is 6.01. The molecular formula is C22H25N3O4. The van der Waals surface area contributed by atoms with Crippen LogP contribution in [-0.4, -0.2) is 58.8 Å². The van der Waals surface area contributed by atoms with Gasteiger partial charge in [-0.05, 0) is 43.0 Å². The first-order valence-corrected chi connectivity index (χ1v) is 10.0. The highest BCUT2D eigenvalue weighted by Crippen LogP contribution is 2.28. The first-order valence-electron chi connectivity index (χ1n) is 10.0. The van der Waals surface area contributed by atoms with E-state index in [0.29, 0.717) is 24.9 Å². The molecule has 1 N–H and O–H groups in total. The minimum Gasteiger partial charge on any atom is -0.368 e. The molecule has 0 spiro atoms. The number of aromatic nitrogens is 1. The second-order valence-electron chi connectivity index (χ2n) is 8.15. The van der Waals surface area contributed by atoms with Crippen LogP contribution in [0.5, 0.6) is 0 Å². The number of rotatable bonds is 5. The van der Waals surface area contributed by atoms with Crippen LogP contribution in [0.1, 0.15) is 37.0 Å². The minimum absolute atomic E-state index is 0.0579. The molecule has 7 heteroatoms. The Labute approximate surface area is 169 Å². The molecule has 2 aliphatic rings. The largest absolute Gasteiger partial charge is 0.368 e. The van der Waals surface area contributed by atoms with Crippen molar-refractivity contribution in [1.29, 1.82) is 0 Å². The number of carbonyl (C=O) groups is 3. The summed E-state index contributed by atoms with van der Waals surface area (Å²) < 4.78 is 5.48. The van der Waals surface area contributed by atoms with E-state index in [2.05, 4.69) is 10.3 Å². The van der Waals surface area contributed by atoms with Crippen molar-refractivity contribution in [2.45, 2.75) is 44.9 Å². The third kappa shape index (κ3) is 3.87. The van der Waals surface area contributed by atoms with Gasteiger partial charge in [-0.1, -0.05) is 19.9 Å². The number of Topliss-reactive ketones (excluding diaryl/α,β-unsaturated/α-hetero) is 1. The Balaban J connectivity index is 1.53. The number of ketones is 1. The fourth-order valence-corrected chi connectivity index (χ4v) is 4.19. The highest BCUT2D eigenvalue weighted by Gasteiger charge is 2.48. The summed E-state index contributed by atoms with van der Waals surface area (Å²) in [5, 5.41) is 3.76. The second-order valence-corrected chi connectivity index (χ2v) is 8.15. The predicted molar refractivity (Wildman–Crippen MR) is 107 cm³/mol. The topological polar surface area (TPSA) is 88.6 Å². The number of amides is 2. The molecule has 2 saturated heterocycles. The van der Waals surface area contributed by atoms with Crippen molar-refractivity contribution in [3.63, 3.8) is 0 Å². The molecule has 2 aliphatic heterocycles. The fraction of sp³-hybridized carbons (Fsp3) is 0.455. The van der Waals surface area contributed by atoms with E-state index < -0.39 is 12.1 Å². The lowest BCUT2D eigenvalue weighted by Gasteiger charge is -2.28. The number of carbonyl (C=O) groups excluding carboxylic acids is 3. The van der Waals surface area contributed by atoms with Crippen molar-refractivity contribution in [1.82, 2.24) is 15.2 Å². The molecule has 0 unspecified atom stereocenters. The molecule has 4 rings (SSSR count). The van der Waals surface area contributed by atoms with Gasteiger partial charge in [0.25, 0.3) is 5.91 Å².